The molecule has 0 aliphatic heterocycles. The second-order valence-corrected chi connectivity index (χ2v) is 8.64. The fourth-order valence-corrected chi connectivity index (χ4v) is 6.12. The van der Waals surface area contributed by atoms with Gasteiger partial charge in [-0.1, -0.05) is 37.6 Å². The van der Waals surface area contributed by atoms with Gasteiger partial charge < -0.3 is 15.9 Å². The van der Waals surface area contributed by atoms with Crippen molar-refractivity contribution in [3.8, 4) is 0 Å². The van der Waals surface area contributed by atoms with E-state index in [0.29, 0.717) is 17.8 Å². The van der Waals surface area contributed by atoms with Crippen LogP contribution in [-0.2, 0) is 0 Å². The molecule has 0 aromatic rings. The van der Waals surface area contributed by atoms with Gasteiger partial charge in [-0.25, -0.2) is 0 Å². The summed E-state index contributed by atoms with van der Waals surface area (Å²) < 4.78 is 0. The Hall–Kier alpha value is -0.640. The summed E-state index contributed by atoms with van der Waals surface area (Å²) in [5, 5.41) is 20.5. The Kier molecular flexibility index (Phi) is 3.18. The van der Waals surface area contributed by atoms with Crippen LogP contribution in [0.15, 0.2) is 23.8 Å². The largest absolute Gasteiger partial charge is 0.393 e. The quantitative estimate of drug-likeness (QED) is 0.602. The SMILES string of the molecule is C[C@]12CC=C3[C@@H]([C@@H](N)CC4CC(O)C=C[C@]34C)[C@@H]1CC[C@@H]2O. The van der Waals surface area contributed by atoms with Crippen LogP contribution in [0, 0.1) is 28.6 Å². The standard InChI is InChI=1S/C19H29NO2/c1-18-7-5-12(21)9-11(18)10-15(20)17-13-3-4-16(22)19(13,2)8-6-14(17)18/h5-7,11-13,15-17,21-22H,3-4,8-10,20H2,1-2H3/t11?,12?,13-,15-,16-,17-,18-,19-/m0/s1. The van der Waals surface area contributed by atoms with Gasteiger partial charge in [0, 0.05) is 16.9 Å². The highest BCUT2D eigenvalue weighted by molar-refractivity contribution is 5.35. The highest BCUT2D eigenvalue weighted by atomic mass is 16.3. The molecule has 0 radical (unpaired) electrons. The molecule has 8 atom stereocenters. The molecule has 0 bridgehead atoms. The van der Waals surface area contributed by atoms with Crippen LogP contribution in [0.2, 0.25) is 0 Å². The van der Waals surface area contributed by atoms with E-state index in [4.69, 9.17) is 5.73 Å². The van der Waals surface area contributed by atoms with Crippen LogP contribution in [0.1, 0.15) is 46.0 Å². The van der Waals surface area contributed by atoms with Crippen molar-refractivity contribution in [1.82, 2.24) is 0 Å². The second-order valence-electron chi connectivity index (χ2n) is 8.64. The fourth-order valence-electron chi connectivity index (χ4n) is 6.12. The summed E-state index contributed by atoms with van der Waals surface area (Å²) in [6.45, 7) is 4.59. The van der Waals surface area contributed by atoms with Crippen LogP contribution in [0.4, 0.5) is 0 Å². The summed E-state index contributed by atoms with van der Waals surface area (Å²) in [5.74, 6) is 1.35. The molecule has 2 fully saturated rings. The molecule has 4 rings (SSSR count). The summed E-state index contributed by atoms with van der Waals surface area (Å²) in [4.78, 5) is 0. The summed E-state index contributed by atoms with van der Waals surface area (Å²) >= 11 is 0. The molecule has 122 valence electrons. The number of fused-ring (bicyclic) bond motifs is 5. The predicted molar refractivity (Wildman–Crippen MR) is 87.0 cm³/mol. The van der Waals surface area contributed by atoms with Crippen LogP contribution < -0.4 is 5.73 Å². The van der Waals surface area contributed by atoms with Crippen LogP contribution >= 0.6 is 0 Å². The zero-order valence-corrected chi connectivity index (χ0v) is 13.7. The zero-order valence-electron chi connectivity index (χ0n) is 13.7. The first-order chi connectivity index (χ1) is 10.4. The van der Waals surface area contributed by atoms with Gasteiger partial charge in [-0.2, -0.15) is 0 Å². The summed E-state index contributed by atoms with van der Waals surface area (Å²) in [6.07, 6.45) is 10.9. The second kappa shape index (κ2) is 4.68. The normalized spacial score (nSPS) is 56.9. The third-order valence-corrected chi connectivity index (χ3v) is 7.59. The first kappa shape index (κ1) is 14.9. The minimum atomic E-state index is -0.315. The monoisotopic (exact) mass is 303 g/mol. The van der Waals surface area contributed by atoms with Crippen LogP contribution in [0.5, 0.6) is 0 Å². The van der Waals surface area contributed by atoms with E-state index in [2.05, 4.69) is 26.0 Å². The van der Waals surface area contributed by atoms with E-state index < -0.39 is 0 Å². The van der Waals surface area contributed by atoms with E-state index in [1.54, 1.807) is 0 Å². The number of nitrogens with two attached hydrogens (primary N) is 1. The van der Waals surface area contributed by atoms with Gasteiger partial charge in [-0.3, -0.25) is 0 Å². The van der Waals surface area contributed by atoms with E-state index in [1.165, 1.54) is 5.57 Å². The van der Waals surface area contributed by atoms with Gasteiger partial charge in [0.1, 0.15) is 0 Å². The molecule has 0 saturated heterocycles. The number of rotatable bonds is 0. The van der Waals surface area contributed by atoms with E-state index in [9.17, 15) is 10.2 Å². The van der Waals surface area contributed by atoms with Gasteiger partial charge in [0.05, 0.1) is 12.2 Å². The lowest BCUT2D eigenvalue weighted by molar-refractivity contribution is -0.00479. The molecule has 0 amide bonds. The first-order valence-corrected chi connectivity index (χ1v) is 8.88. The molecule has 4 aliphatic carbocycles. The van der Waals surface area contributed by atoms with Gasteiger partial charge >= 0.3 is 0 Å². The maximum Gasteiger partial charge on any atom is 0.0724 e. The van der Waals surface area contributed by atoms with Crippen molar-refractivity contribution in [3.63, 3.8) is 0 Å². The Bertz CT molecular complexity index is 542. The first-order valence-electron chi connectivity index (χ1n) is 8.88. The van der Waals surface area contributed by atoms with Crippen molar-refractivity contribution < 1.29 is 10.2 Å². The molecular weight excluding hydrogens is 274 g/mol. The maximum absolute atomic E-state index is 10.5. The summed E-state index contributed by atoms with van der Waals surface area (Å²) in [6, 6.07) is 0.165. The van der Waals surface area contributed by atoms with Gasteiger partial charge in [-0.05, 0) is 49.9 Å². The van der Waals surface area contributed by atoms with Crippen LogP contribution in [0.25, 0.3) is 0 Å². The molecule has 2 unspecified atom stereocenters. The maximum atomic E-state index is 10.5. The molecule has 0 spiro atoms. The van der Waals surface area contributed by atoms with Crippen molar-refractivity contribution >= 4 is 0 Å². The van der Waals surface area contributed by atoms with Gasteiger partial charge in [-0.15, -0.1) is 0 Å². The predicted octanol–water partition coefficient (Wildman–Crippen LogP) is 2.38. The molecule has 0 heterocycles. The smallest absolute Gasteiger partial charge is 0.0724 e. The Morgan fingerprint density at radius 2 is 1.95 bits per heavy atom. The Morgan fingerprint density at radius 3 is 2.73 bits per heavy atom. The fraction of sp³-hybridized carbons (Fsp3) is 0.789. The van der Waals surface area contributed by atoms with Crippen LogP contribution in [0.3, 0.4) is 0 Å². The van der Waals surface area contributed by atoms with E-state index in [-0.39, 0.29) is 29.1 Å². The lowest BCUT2D eigenvalue weighted by Gasteiger charge is -2.56. The molecular formula is C19H29NO2. The number of aliphatic hydroxyl groups excluding tert-OH is 2. The Balaban J connectivity index is 1.78. The molecule has 4 N–H and O–H groups in total. The van der Waals surface area contributed by atoms with Crippen molar-refractivity contribution in [2.45, 2.75) is 64.2 Å². The molecule has 2 saturated carbocycles. The topological polar surface area (TPSA) is 66.5 Å². The van der Waals surface area contributed by atoms with Gasteiger partial charge in [0.25, 0.3) is 0 Å². The van der Waals surface area contributed by atoms with Gasteiger partial charge in [0.15, 0.2) is 0 Å². The van der Waals surface area contributed by atoms with E-state index in [1.807, 2.05) is 6.08 Å². The zero-order chi connectivity index (χ0) is 15.7. The minimum absolute atomic E-state index is 0.00682. The summed E-state index contributed by atoms with van der Waals surface area (Å²) in [7, 11) is 0. The third-order valence-electron chi connectivity index (χ3n) is 7.59. The van der Waals surface area contributed by atoms with Crippen molar-refractivity contribution in [2.75, 3.05) is 0 Å². The highest BCUT2D eigenvalue weighted by Gasteiger charge is 2.58. The number of allylic oxidation sites excluding steroid dienone is 2. The average molecular weight is 303 g/mol. The number of hydrogen-bond donors (Lipinski definition) is 3. The summed E-state index contributed by atoms with van der Waals surface area (Å²) in [5.41, 5.74) is 8.19. The number of hydrogen-bond acceptors (Lipinski definition) is 3. The highest BCUT2D eigenvalue weighted by Crippen LogP contribution is 2.62. The van der Waals surface area contributed by atoms with Crippen molar-refractivity contribution in [2.24, 2.45) is 34.3 Å². The van der Waals surface area contributed by atoms with E-state index >= 15 is 0 Å². The lowest BCUT2D eigenvalue weighted by Crippen LogP contribution is -2.55. The Morgan fingerprint density at radius 1 is 1.18 bits per heavy atom. The lowest BCUT2D eigenvalue weighted by atomic mass is 9.49. The molecule has 0 aromatic carbocycles. The third kappa shape index (κ3) is 1.79. The minimum Gasteiger partial charge on any atom is -0.393 e. The molecule has 4 aliphatic rings. The molecule has 3 nitrogen and oxygen atoms in total. The van der Waals surface area contributed by atoms with E-state index in [0.717, 1.165) is 32.1 Å². The van der Waals surface area contributed by atoms with Crippen molar-refractivity contribution in [3.05, 3.63) is 23.8 Å². The molecule has 0 aromatic heterocycles. The average Bonchev–Trinajstić information content (AvgIpc) is 2.77. The van der Waals surface area contributed by atoms with Crippen molar-refractivity contribution in [1.29, 1.82) is 0 Å². The number of aliphatic hydroxyl groups is 2. The Labute approximate surface area is 133 Å². The molecule has 3 heteroatoms. The van der Waals surface area contributed by atoms with Crippen LogP contribution in [-0.4, -0.2) is 28.5 Å². The van der Waals surface area contributed by atoms with Gasteiger partial charge in [0.2, 0.25) is 0 Å². The molecule has 22 heavy (non-hydrogen) atoms.